The first-order valence-electron chi connectivity index (χ1n) is 6.21. The van der Waals surface area contributed by atoms with Crippen molar-refractivity contribution in [2.75, 3.05) is 20.8 Å². The summed E-state index contributed by atoms with van der Waals surface area (Å²) in [6.07, 6.45) is 0.634. The number of carbonyl (C=O) groups is 1. The van der Waals surface area contributed by atoms with Crippen LogP contribution in [0.1, 0.15) is 18.9 Å². The van der Waals surface area contributed by atoms with Gasteiger partial charge in [0.25, 0.3) is 0 Å². The van der Waals surface area contributed by atoms with Crippen LogP contribution in [-0.2, 0) is 11.3 Å². The summed E-state index contributed by atoms with van der Waals surface area (Å²) in [5, 5.41) is 9.18. The molecule has 106 valence electrons. The summed E-state index contributed by atoms with van der Waals surface area (Å²) in [7, 11) is 3.35. The van der Waals surface area contributed by atoms with E-state index in [1.165, 1.54) is 0 Å². The molecule has 1 N–H and O–H groups in total. The minimum absolute atomic E-state index is 0.0490. The van der Waals surface area contributed by atoms with Gasteiger partial charge in [0.1, 0.15) is 5.75 Å². The summed E-state index contributed by atoms with van der Waals surface area (Å²) in [4.78, 5) is 13.7. The van der Waals surface area contributed by atoms with Gasteiger partial charge in [-0.3, -0.25) is 4.79 Å². The molecule has 0 aliphatic carbocycles. The van der Waals surface area contributed by atoms with E-state index in [0.29, 0.717) is 13.0 Å². The molecule has 19 heavy (non-hydrogen) atoms. The molecule has 1 unspecified atom stereocenters. The van der Waals surface area contributed by atoms with Crippen LogP contribution in [0.4, 0.5) is 0 Å². The molecule has 1 atom stereocenters. The highest BCUT2D eigenvalue weighted by Gasteiger charge is 2.20. The first-order chi connectivity index (χ1) is 9.03. The lowest BCUT2D eigenvalue weighted by Gasteiger charge is -2.23. The average molecular weight is 330 g/mol. The summed E-state index contributed by atoms with van der Waals surface area (Å²) in [5.74, 6) is 0.370. The van der Waals surface area contributed by atoms with Gasteiger partial charge in [-0.2, -0.15) is 0 Å². The van der Waals surface area contributed by atoms with E-state index < -0.39 is 0 Å². The third kappa shape index (κ3) is 4.21. The van der Waals surface area contributed by atoms with E-state index in [2.05, 4.69) is 15.9 Å². The summed E-state index contributed by atoms with van der Waals surface area (Å²) >= 11 is 3.41. The van der Waals surface area contributed by atoms with Crippen LogP contribution in [0.3, 0.4) is 0 Å². The lowest BCUT2D eigenvalue weighted by molar-refractivity contribution is -0.136. The maximum absolute atomic E-state index is 12.1. The van der Waals surface area contributed by atoms with Crippen molar-refractivity contribution >= 4 is 21.8 Å². The molecule has 1 rings (SSSR count). The molecule has 0 saturated carbocycles. The lowest BCUT2D eigenvalue weighted by Crippen LogP contribution is -2.34. The van der Waals surface area contributed by atoms with Crippen LogP contribution in [0.15, 0.2) is 22.7 Å². The largest absolute Gasteiger partial charge is 0.496 e. The number of hydrogen-bond acceptors (Lipinski definition) is 3. The number of halogens is 1. The number of carbonyl (C=O) groups excluding carboxylic acids is 1. The number of aliphatic hydroxyl groups is 1. The quantitative estimate of drug-likeness (QED) is 0.872. The van der Waals surface area contributed by atoms with Gasteiger partial charge in [0.2, 0.25) is 5.91 Å². The number of methoxy groups -OCH3 is 1. The zero-order valence-electron chi connectivity index (χ0n) is 11.5. The molecule has 0 bridgehead atoms. The molecule has 0 spiro atoms. The molecule has 0 saturated heterocycles. The van der Waals surface area contributed by atoms with Gasteiger partial charge in [0, 0.05) is 23.6 Å². The highest BCUT2D eigenvalue weighted by atomic mass is 79.9. The smallest absolute Gasteiger partial charge is 0.228 e. The van der Waals surface area contributed by atoms with Crippen LogP contribution in [-0.4, -0.2) is 36.7 Å². The second-order valence-electron chi connectivity index (χ2n) is 4.44. The molecule has 0 aliphatic rings. The Bertz CT molecular complexity index is 433. The average Bonchev–Trinajstić information content (AvgIpc) is 2.40. The van der Waals surface area contributed by atoms with Crippen molar-refractivity contribution in [3.8, 4) is 5.75 Å². The van der Waals surface area contributed by atoms with E-state index >= 15 is 0 Å². The van der Waals surface area contributed by atoms with Gasteiger partial charge in [0.05, 0.1) is 19.6 Å². The predicted molar refractivity (Wildman–Crippen MR) is 78.0 cm³/mol. The van der Waals surface area contributed by atoms with E-state index in [9.17, 15) is 9.90 Å². The molecule has 1 aromatic rings. The minimum Gasteiger partial charge on any atom is -0.496 e. The maximum Gasteiger partial charge on any atom is 0.228 e. The fourth-order valence-electron chi connectivity index (χ4n) is 1.90. The van der Waals surface area contributed by atoms with E-state index in [1.807, 2.05) is 25.1 Å². The molecule has 1 amide bonds. The topological polar surface area (TPSA) is 49.8 Å². The first kappa shape index (κ1) is 16.0. The van der Waals surface area contributed by atoms with Gasteiger partial charge in [-0.25, -0.2) is 0 Å². The number of aliphatic hydroxyl groups excluding tert-OH is 1. The Hall–Kier alpha value is -1.07. The van der Waals surface area contributed by atoms with Gasteiger partial charge < -0.3 is 14.7 Å². The highest BCUT2D eigenvalue weighted by Crippen LogP contribution is 2.24. The van der Waals surface area contributed by atoms with Crippen molar-refractivity contribution in [2.24, 2.45) is 5.92 Å². The van der Waals surface area contributed by atoms with Crippen LogP contribution >= 0.6 is 15.9 Å². The van der Waals surface area contributed by atoms with Crippen LogP contribution in [0, 0.1) is 5.92 Å². The van der Waals surface area contributed by atoms with Crippen LogP contribution in [0.5, 0.6) is 5.75 Å². The monoisotopic (exact) mass is 329 g/mol. The Morgan fingerprint density at radius 3 is 2.74 bits per heavy atom. The van der Waals surface area contributed by atoms with Crippen molar-refractivity contribution in [3.05, 3.63) is 28.2 Å². The number of ether oxygens (including phenoxy) is 1. The Morgan fingerprint density at radius 2 is 2.21 bits per heavy atom. The molecular weight excluding hydrogens is 310 g/mol. The van der Waals surface area contributed by atoms with Crippen molar-refractivity contribution in [3.63, 3.8) is 0 Å². The van der Waals surface area contributed by atoms with Crippen LogP contribution < -0.4 is 4.74 Å². The molecule has 0 fully saturated rings. The number of rotatable bonds is 6. The second kappa shape index (κ2) is 7.50. The number of hydrogen-bond donors (Lipinski definition) is 1. The van der Waals surface area contributed by atoms with Gasteiger partial charge in [0.15, 0.2) is 0 Å². The zero-order valence-corrected chi connectivity index (χ0v) is 13.1. The fourth-order valence-corrected chi connectivity index (χ4v) is 2.31. The van der Waals surface area contributed by atoms with Crippen molar-refractivity contribution < 1.29 is 14.6 Å². The summed E-state index contributed by atoms with van der Waals surface area (Å²) in [6.45, 7) is 2.24. The SMILES string of the molecule is CCC(CO)C(=O)N(C)Cc1cc(Br)ccc1OC. The van der Waals surface area contributed by atoms with Crippen LogP contribution in [0.25, 0.3) is 0 Å². The Balaban J connectivity index is 2.84. The first-order valence-corrected chi connectivity index (χ1v) is 7.01. The zero-order chi connectivity index (χ0) is 14.4. The predicted octanol–water partition coefficient (Wildman–Crippen LogP) is 2.43. The number of nitrogens with zero attached hydrogens (tertiary/aromatic N) is 1. The van der Waals surface area contributed by atoms with E-state index in [1.54, 1.807) is 19.1 Å². The maximum atomic E-state index is 12.1. The van der Waals surface area contributed by atoms with Crippen molar-refractivity contribution in [2.45, 2.75) is 19.9 Å². The third-order valence-corrected chi connectivity index (χ3v) is 3.58. The summed E-state index contributed by atoms with van der Waals surface area (Å²) in [5.41, 5.74) is 0.931. The van der Waals surface area contributed by atoms with Crippen molar-refractivity contribution in [1.82, 2.24) is 4.90 Å². The normalized spacial score (nSPS) is 12.1. The molecular formula is C14H20BrNO3. The molecule has 0 radical (unpaired) electrons. The van der Waals surface area contributed by atoms with E-state index in [4.69, 9.17) is 4.74 Å². The minimum atomic E-state index is -0.330. The Labute approximate surface area is 122 Å². The molecule has 5 heteroatoms. The van der Waals surface area contributed by atoms with Gasteiger partial charge in [-0.1, -0.05) is 22.9 Å². The number of benzene rings is 1. The molecule has 0 heterocycles. The second-order valence-corrected chi connectivity index (χ2v) is 5.35. The molecule has 1 aromatic carbocycles. The Kier molecular flexibility index (Phi) is 6.31. The lowest BCUT2D eigenvalue weighted by atomic mass is 10.1. The highest BCUT2D eigenvalue weighted by molar-refractivity contribution is 9.10. The molecule has 4 nitrogen and oxygen atoms in total. The van der Waals surface area contributed by atoms with Gasteiger partial charge in [-0.15, -0.1) is 0 Å². The molecule has 0 aromatic heterocycles. The van der Waals surface area contributed by atoms with E-state index in [0.717, 1.165) is 15.8 Å². The van der Waals surface area contributed by atoms with Gasteiger partial charge in [-0.05, 0) is 24.6 Å². The fraction of sp³-hybridized carbons (Fsp3) is 0.500. The van der Waals surface area contributed by atoms with E-state index in [-0.39, 0.29) is 18.4 Å². The standard InChI is InChI=1S/C14H20BrNO3/c1-4-10(9-17)14(18)16(2)8-11-7-12(15)5-6-13(11)19-3/h5-7,10,17H,4,8-9H2,1-3H3. The summed E-state index contributed by atoms with van der Waals surface area (Å²) < 4.78 is 6.23. The van der Waals surface area contributed by atoms with Gasteiger partial charge >= 0.3 is 0 Å². The third-order valence-electron chi connectivity index (χ3n) is 3.09. The molecule has 0 aliphatic heterocycles. The number of amides is 1. The summed E-state index contributed by atoms with van der Waals surface area (Å²) in [6, 6.07) is 5.69. The van der Waals surface area contributed by atoms with Crippen molar-refractivity contribution in [1.29, 1.82) is 0 Å². The van der Waals surface area contributed by atoms with Crippen LogP contribution in [0.2, 0.25) is 0 Å². The Morgan fingerprint density at radius 1 is 1.53 bits per heavy atom.